The number of hydrogen-bond donors (Lipinski definition) is 1. The average molecular weight is 281 g/mol. The molecule has 0 radical (unpaired) electrons. The molecule has 0 aromatic carbocycles. The largest absolute Gasteiger partial charge is 0.417 e. The molecule has 6 heteroatoms. The van der Waals surface area contributed by atoms with E-state index in [-0.39, 0.29) is 5.02 Å². The number of rotatable bonds is 6. The summed E-state index contributed by atoms with van der Waals surface area (Å²) < 4.78 is 37.1. The van der Waals surface area contributed by atoms with E-state index >= 15 is 0 Å². The van der Waals surface area contributed by atoms with E-state index in [1.165, 1.54) is 0 Å². The first-order valence-electron chi connectivity index (χ1n) is 5.91. The van der Waals surface area contributed by atoms with Crippen molar-refractivity contribution in [3.05, 3.63) is 22.8 Å². The van der Waals surface area contributed by atoms with Crippen LogP contribution in [0.4, 0.5) is 19.0 Å². The molecule has 0 aliphatic carbocycles. The van der Waals surface area contributed by atoms with Crippen molar-refractivity contribution >= 4 is 17.4 Å². The number of hydrogen-bond acceptors (Lipinski definition) is 2. The van der Waals surface area contributed by atoms with Gasteiger partial charge in [0.15, 0.2) is 0 Å². The second-order valence-electron chi connectivity index (χ2n) is 4.04. The molecular weight excluding hydrogens is 265 g/mol. The topological polar surface area (TPSA) is 24.9 Å². The van der Waals surface area contributed by atoms with Crippen molar-refractivity contribution in [3.63, 3.8) is 0 Å². The normalized spacial score (nSPS) is 11.6. The molecule has 102 valence electrons. The van der Waals surface area contributed by atoms with E-state index in [9.17, 15) is 13.2 Å². The van der Waals surface area contributed by atoms with Crippen molar-refractivity contribution in [3.8, 4) is 0 Å². The minimum atomic E-state index is -4.41. The Kier molecular flexibility index (Phi) is 5.72. The molecule has 0 atom stereocenters. The summed E-state index contributed by atoms with van der Waals surface area (Å²) in [5.41, 5.74) is -0.830. The third-order valence-corrected chi connectivity index (χ3v) is 2.78. The maximum Gasteiger partial charge on any atom is 0.417 e. The summed E-state index contributed by atoms with van der Waals surface area (Å²) in [5, 5.41) is 2.94. The van der Waals surface area contributed by atoms with E-state index in [1.807, 2.05) is 0 Å². The maximum atomic E-state index is 12.4. The Morgan fingerprint density at radius 1 is 1.28 bits per heavy atom. The zero-order valence-electron chi connectivity index (χ0n) is 10.1. The van der Waals surface area contributed by atoms with Gasteiger partial charge >= 0.3 is 6.18 Å². The highest BCUT2D eigenvalue weighted by molar-refractivity contribution is 6.32. The van der Waals surface area contributed by atoms with Gasteiger partial charge in [-0.2, -0.15) is 13.2 Å². The van der Waals surface area contributed by atoms with Crippen molar-refractivity contribution in [1.82, 2.24) is 4.98 Å². The van der Waals surface area contributed by atoms with Crippen LogP contribution in [0.15, 0.2) is 12.3 Å². The Morgan fingerprint density at radius 3 is 2.56 bits per heavy atom. The Morgan fingerprint density at radius 2 is 2.00 bits per heavy atom. The SMILES string of the molecule is CCCCCCNc1ncc(C(F)(F)F)cc1Cl. The van der Waals surface area contributed by atoms with Crippen molar-refractivity contribution in [2.75, 3.05) is 11.9 Å². The fraction of sp³-hybridized carbons (Fsp3) is 0.583. The monoisotopic (exact) mass is 280 g/mol. The van der Waals surface area contributed by atoms with Crippen LogP contribution in [0.5, 0.6) is 0 Å². The highest BCUT2D eigenvalue weighted by Crippen LogP contribution is 2.32. The second kappa shape index (κ2) is 6.83. The van der Waals surface area contributed by atoms with Crippen LogP contribution in [-0.4, -0.2) is 11.5 Å². The molecule has 0 saturated heterocycles. The first kappa shape index (κ1) is 15.1. The van der Waals surface area contributed by atoms with Gasteiger partial charge in [0.1, 0.15) is 5.82 Å². The quantitative estimate of drug-likeness (QED) is 0.761. The lowest BCUT2D eigenvalue weighted by Gasteiger charge is -2.10. The van der Waals surface area contributed by atoms with Crippen LogP contribution in [0.3, 0.4) is 0 Å². The van der Waals surface area contributed by atoms with Gasteiger partial charge in [-0.1, -0.05) is 37.8 Å². The van der Waals surface area contributed by atoms with Crippen LogP contribution in [0.2, 0.25) is 5.02 Å². The molecule has 0 aliphatic rings. The number of halogens is 4. The average Bonchev–Trinajstić information content (AvgIpc) is 2.29. The third kappa shape index (κ3) is 4.72. The fourth-order valence-electron chi connectivity index (χ4n) is 1.48. The number of unbranched alkanes of at least 4 members (excludes halogenated alkanes) is 3. The number of aromatic nitrogens is 1. The van der Waals surface area contributed by atoms with Crippen molar-refractivity contribution in [2.45, 2.75) is 38.8 Å². The molecule has 1 aromatic heterocycles. The van der Waals surface area contributed by atoms with Gasteiger partial charge in [-0.15, -0.1) is 0 Å². The molecule has 0 unspecified atom stereocenters. The van der Waals surface area contributed by atoms with Crippen LogP contribution in [0, 0.1) is 0 Å². The molecule has 18 heavy (non-hydrogen) atoms. The predicted molar refractivity (Wildman–Crippen MR) is 66.9 cm³/mol. The predicted octanol–water partition coefficient (Wildman–Crippen LogP) is 4.75. The molecule has 1 aromatic rings. The van der Waals surface area contributed by atoms with E-state index in [0.29, 0.717) is 12.4 Å². The van der Waals surface area contributed by atoms with Crippen molar-refractivity contribution in [1.29, 1.82) is 0 Å². The van der Waals surface area contributed by atoms with Gasteiger partial charge in [0, 0.05) is 12.7 Å². The van der Waals surface area contributed by atoms with Gasteiger partial charge < -0.3 is 5.32 Å². The van der Waals surface area contributed by atoms with Gasteiger partial charge in [-0.05, 0) is 12.5 Å². The molecule has 0 fully saturated rings. The molecule has 2 nitrogen and oxygen atoms in total. The Hall–Kier alpha value is -0.970. The summed E-state index contributed by atoms with van der Waals surface area (Å²) in [5.74, 6) is 0.307. The molecule has 0 aliphatic heterocycles. The molecule has 0 amide bonds. The highest BCUT2D eigenvalue weighted by atomic mass is 35.5. The van der Waals surface area contributed by atoms with Crippen LogP contribution in [0.25, 0.3) is 0 Å². The molecule has 1 N–H and O–H groups in total. The Labute approximate surface area is 110 Å². The van der Waals surface area contributed by atoms with Crippen LogP contribution in [-0.2, 0) is 6.18 Å². The van der Waals surface area contributed by atoms with Crippen LogP contribution in [0.1, 0.15) is 38.2 Å². The summed E-state index contributed by atoms with van der Waals surface area (Å²) in [7, 11) is 0. The minimum Gasteiger partial charge on any atom is -0.369 e. The van der Waals surface area contributed by atoms with Gasteiger partial charge in [0.25, 0.3) is 0 Å². The smallest absolute Gasteiger partial charge is 0.369 e. The summed E-state index contributed by atoms with van der Waals surface area (Å²) >= 11 is 5.75. The summed E-state index contributed by atoms with van der Waals surface area (Å²) in [6, 6.07) is 0.892. The number of pyridine rings is 1. The third-order valence-electron chi connectivity index (χ3n) is 2.49. The van der Waals surface area contributed by atoms with E-state index < -0.39 is 11.7 Å². The zero-order valence-corrected chi connectivity index (χ0v) is 10.9. The number of alkyl halides is 3. The first-order chi connectivity index (χ1) is 8.45. The summed E-state index contributed by atoms with van der Waals surface area (Å²) in [6.07, 6.45) is 0.709. The summed E-state index contributed by atoms with van der Waals surface area (Å²) in [6.45, 7) is 2.78. The Balaban J connectivity index is 2.53. The number of nitrogens with zero attached hydrogens (tertiary/aromatic N) is 1. The second-order valence-corrected chi connectivity index (χ2v) is 4.45. The molecule has 0 spiro atoms. The van der Waals surface area contributed by atoms with Gasteiger partial charge in [-0.25, -0.2) is 4.98 Å². The Bertz CT molecular complexity index is 380. The molecule has 0 saturated carbocycles. The van der Waals surface area contributed by atoms with E-state index in [1.54, 1.807) is 0 Å². The van der Waals surface area contributed by atoms with Crippen molar-refractivity contribution in [2.24, 2.45) is 0 Å². The fourth-order valence-corrected chi connectivity index (χ4v) is 1.71. The maximum absolute atomic E-state index is 12.4. The molecule has 0 bridgehead atoms. The van der Waals surface area contributed by atoms with Crippen LogP contribution >= 0.6 is 11.6 Å². The lowest BCUT2D eigenvalue weighted by atomic mass is 10.2. The van der Waals surface area contributed by atoms with Gasteiger partial charge in [0.05, 0.1) is 10.6 Å². The van der Waals surface area contributed by atoms with E-state index in [0.717, 1.165) is 37.9 Å². The first-order valence-corrected chi connectivity index (χ1v) is 6.29. The summed E-state index contributed by atoms with van der Waals surface area (Å²) in [4.78, 5) is 3.70. The van der Waals surface area contributed by atoms with E-state index in [2.05, 4.69) is 17.2 Å². The standard InChI is InChI=1S/C12H16ClF3N2/c1-2-3-4-5-6-17-11-10(13)7-9(8-18-11)12(14,15)16/h7-8H,2-6H2,1H3,(H,17,18). The van der Waals surface area contributed by atoms with Crippen molar-refractivity contribution < 1.29 is 13.2 Å². The minimum absolute atomic E-state index is 0.000293. The molecule has 1 rings (SSSR count). The van der Waals surface area contributed by atoms with Gasteiger partial charge in [-0.3, -0.25) is 0 Å². The lowest BCUT2D eigenvalue weighted by molar-refractivity contribution is -0.137. The van der Waals surface area contributed by atoms with Crippen LogP contribution < -0.4 is 5.32 Å². The lowest BCUT2D eigenvalue weighted by Crippen LogP contribution is -2.08. The van der Waals surface area contributed by atoms with E-state index in [4.69, 9.17) is 11.6 Å². The highest BCUT2D eigenvalue weighted by Gasteiger charge is 2.31. The molecular formula is C12H16ClF3N2. The van der Waals surface area contributed by atoms with Gasteiger partial charge in [0.2, 0.25) is 0 Å². The zero-order chi connectivity index (χ0) is 13.6. The molecule has 1 heterocycles. The number of anilines is 1. The number of nitrogens with one attached hydrogen (secondary N) is 1.